The average molecular weight is 398 g/mol. The summed E-state index contributed by atoms with van der Waals surface area (Å²) < 4.78 is 0. The van der Waals surface area contributed by atoms with E-state index in [1.54, 1.807) is 4.90 Å². The minimum Gasteiger partial charge on any atom is -0.368 e. The van der Waals surface area contributed by atoms with Crippen molar-refractivity contribution in [2.45, 2.75) is 25.4 Å². The van der Waals surface area contributed by atoms with Crippen molar-refractivity contribution in [2.75, 3.05) is 31.1 Å². The molecule has 5 nitrogen and oxygen atoms in total. The number of hydrogen-bond donors (Lipinski definition) is 0. The van der Waals surface area contributed by atoms with Gasteiger partial charge in [0.05, 0.1) is 0 Å². The number of carbonyl (C=O) groups excluding carboxylic acids is 2. The molecular weight excluding hydrogens is 374 g/mol. The van der Waals surface area contributed by atoms with E-state index in [4.69, 9.17) is 11.6 Å². The Hall–Kier alpha value is -2.53. The molecule has 4 rings (SSSR count). The van der Waals surface area contributed by atoms with Crippen LogP contribution in [0.4, 0.5) is 5.69 Å². The lowest BCUT2D eigenvalue weighted by atomic mass is 10.1. The zero-order valence-electron chi connectivity index (χ0n) is 15.8. The molecular formula is C22H24ClN3O2. The van der Waals surface area contributed by atoms with Crippen LogP contribution in [0, 0.1) is 0 Å². The summed E-state index contributed by atoms with van der Waals surface area (Å²) in [5.41, 5.74) is 2.14. The van der Waals surface area contributed by atoms with Gasteiger partial charge in [-0.15, -0.1) is 0 Å². The summed E-state index contributed by atoms with van der Waals surface area (Å²) >= 11 is 6.10. The molecule has 2 aliphatic rings. The molecule has 0 radical (unpaired) electrons. The van der Waals surface area contributed by atoms with E-state index in [-0.39, 0.29) is 17.9 Å². The first-order valence-electron chi connectivity index (χ1n) is 9.74. The number of halogens is 1. The summed E-state index contributed by atoms with van der Waals surface area (Å²) in [6, 6.07) is 17.3. The molecule has 2 aliphatic heterocycles. The molecule has 0 aromatic heterocycles. The lowest BCUT2D eigenvalue weighted by Gasteiger charge is -2.38. The van der Waals surface area contributed by atoms with Crippen molar-refractivity contribution >= 4 is 29.1 Å². The second kappa shape index (κ2) is 8.23. The number of carbonyl (C=O) groups is 2. The molecule has 0 spiro atoms. The molecule has 1 atom stereocenters. The largest absolute Gasteiger partial charge is 0.368 e. The molecule has 2 aromatic carbocycles. The predicted octanol–water partition coefficient (Wildman–Crippen LogP) is 3.18. The van der Waals surface area contributed by atoms with Gasteiger partial charge in [-0.05, 0) is 30.2 Å². The smallest absolute Gasteiger partial charge is 0.245 e. The first-order valence-corrected chi connectivity index (χ1v) is 10.1. The maximum atomic E-state index is 13.1. The van der Waals surface area contributed by atoms with Gasteiger partial charge in [0.15, 0.2) is 0 Å². The van der Waals surface area contributed by atoms with Gasteiger partial charge in [-0.25, -0.2) is 0 Å². The Morgan fingerprint density at radius 3 is 2.46 bits per heavy atom. The molecule has 1 unspecified atom stereocenters. The Morgan fingerprint density at radius 2 is 1.75 bits per heavy atom. The molecule has 0 N–H and O–H groups in total. The maximum absolute atomic E-state index is 13.1. The van der Waals surface area contributed by atoms with Crippen molar-refractivity contribution < 1.29 is 9.59 Å². The molecule has 2 amide bonds. The molecule has 0 bridgehead atoms. The lowest BCUT2D eigenvalue weighted by molar-refractivity contribution is -0.142. The Bertz CT molecular complexity index is 850. The zero-order chi connectivity index (χ0) is 19.5. The summed E-state index contributed by atoms with van der Waals surface area (Å²) in [5, 5.41) is 0.719. The number of piperazine rings is 1. The SMILES string of the molecule is O=C(C1CCC(=O)N1Cc1ccccc1)N1CCN(c2cccc(Cl)c2)CC1. The van der Waals surface area contributed by atoms with Crippen molar-refractivity contribution in [3.8, 4) is 0 Å². The van der Waals surface area contributed by atoms with Crippen LogP contribution in [0.3, 0.4) is 0 Å². The van der Waals surface area contributed by atoms with Gasteiger partial charge < -0.3 is 14.7 Å². The predicted molar refractivity (Wildman–Crippen MR) is 110 cm³/mol. The molecule has 0 aliphatic carbocycles. The number of benzene rings is 2. The van der Waals surface area contributed by atoms with E-state index >= 15 is 0 Å². The van der Waals surface area contributed by atoms with Gasteiger partial charge in [-0.3, -0.25) is 9.59 Å². The Kier molecular flexibility index (Phi) is 5.53. The number of hydrogen-bond acceptors (Lipinski definition) is 3. The molecule has 2 aromatic rings. The van der Waals surface area contributed by atoms with Gasteiger partial charge in [-0.2, -0.15) is 0 Å². The van der Waals surface area contributed by atoms with Crippen molar-refractivity contribution in [3.63, 3.8) is 0 Å². The van der Waals surface area contributed by atoms with Crippen LogP contribution in [0.2, 0.25) is 5.02 Å². The minimum absolute atomic E-state index is 0.0692. The number of anilines is 1. The van der Waals surface area contributed by atoms with E-state index in [9.17, 15) is 9.59 Å². The van der Waals surface area contributed by atoms with Crippen molar-refractivity contribution in [1.29, 1.82) is 0 Å². The van der Waals surface area contributed by atoms with Gasteiger partial charge >= 0.3 is 0 Å². The van der Waals surface area contributed by atoms with Crippen LogP contribution in [0.5, 0.6) is 0 Å². The fourth-order valence-corrected chi connectivity index (χ4v) is 4.22. The van der Waals surface area contributed by atoms with Crippen LogP contribution in [0.25, 0.3) is 0 Å². The van der Waals surface area contributed by atoms with E-state index in [1.165, 1.54) is 0 Å². The van der Waals surface area contributed by atoms with E-state index in [0.717, 1.165) is 29.4 Å². The van der Waals surface area contributed by atoms with Crippen LogP contribution in [-0.2, 0) is 16.1 Å². The maximum Gasteiger partial charge on any atom is 0.245 e. The molecule has 146 valence electrons. The minimum atomic E-state index is -0.342. The summed E-state index contributed by atoms with van der Waals surface area (Å²) in [4.78, 5) is 31.4. The van der Waals surface area contributed by atoms with Gasteiger partial charge in [0.25, 0.3) is 0 Å². The lowest BCUT2D eigenvalue weighted by Crippen LogP contribution is -2.54. The van der Waals surface area contributed by atoms with Crippen LogP contribution < -0.4 is 4.90 Å². The van der Waals surface area contributed by atoms with Crippen molar-refractivity contribution in [2.24, 2.45) is 0 Å². The molecule has 2 heterocycles. The van der Waals surface area contributed by atoms with Crippen LogP contribution in [0.1, 0.15) is 18.4 Å². The number of amides is 2. The Labute approximate surface area is 170 Å². The van der Waals surface area contributed by atoms with Gasteiger partial charge in [0, 0.05) is 49.9 Å². The average Bonchev–Trinajstić information content (AvgIpc) is 3.09. The quantitative estimate of drug-likeness (QED) is 0.795. The first kappa shape index (κ1) is 18.8. The van der Waals surface area contributed by atoms with Crippen molar-refractivity contribution in [1.82, 2.24) is 9.80 Å². The summed E-state index contributed by atoms with van der Waals surface area (Å²) in [6.07, 6.45) is 1.06. The fraction of sp³-hybridized carbons (Fsp3) is 0.364. The second-order valence-electron chi connectivity index (χ2n) is 7.35. The Morgan fingerprint density at radius 1 is 1.00 bits per heavy atom. The molecule has 0 saturated carbocycles. The number of rotatable bonds is 4. The van der Waals surface area contributed by atoms with Gasteiger partial charge in [0.2, 0.25) is 11.8 Å². The van der Waals surface area contributed by atoms with Gasteiger partial charge in [-0.1, -0.05) is 48.0 Å². The number of likely N-dealkylation sites (tertiary alicyclic amines) is 1. The van der Waals surface area contributed by atoms with E-state index < -0.39 is 0 Å². The highest BCUT2D eigenvalue weighted by molar-refractivity contribution is 6.30. The first-order chi connectivity index (χ1) is 13.6. The van der Waals surface area contributed by atoms with Crippen LogP contribution in [0.15, 0.2) is 54.6 Å². The van der Waals surface area contributed by atoms with E-state index in [0.29, 0.717) is 32.5 Å². The standard InChI is InChI=1S/C22H24ClN3O2/c23-18-7-4-8-19(15-18)24-11-13-25(14-12-24)22(28)20-9-10-21(27)26(20)16-17-5-2-1-3-6-17/h1-8,15,20H,9-14,16H2. The Balaban J connectivity index is 1.39. The summed E-state index contributed by atoms with van der Waals surface area (Å²) in [5.74, 6) is 0.146. The summed E-state index contributed by atoms with van der Waals surface area (Å²) in [6.45, 7) is 3.36. The third-order valence-corrected chi connectivity index (χ3v) is 5.81. The van der Waals surface area contributed by atoms with Crippen LogP contribution >= 0.6 is 11.6 Å². The fourth-order valence-electron chi connectivity index (χ4n) is 4.04. The monoisotopic (exact) mass is 397 g/mol. The van der Waals surface area contributed by atoms with Gasteiger partial charge in [0.1, 0.15) is 6.04 Å². The zero-order valence-corrected chi connectivity index (χ0v) is 16.5. The third-order valence-electron chi connectivity index (χ3n) is 5.57. The second-order valence-corrected chi connectivity index (χ2v) is 7.79. The molecule has 2 fully saturated rings. The molecule has 28 heavy (non-hydrogen) atoms. The topological polar surface area (TPSA) is 43.9 Å². The highest BCUT2D eigenvalue weighted by atomic mass is 35.5. The summed E-state index contributed by atoms with van der Waals surface area (Å²) in [7, 11) is 0. The van der Waals surface area contributed by atoms with E-state index in [1.807, 2.05) is 59.5 Å². The molecule has 6 heteroatoms. The van der Waals surface area contributed by atoms with E-state index in [2.05, 4.69) is 4.90 Å². The molecule has 2 saturated heterocycles. The third kappa shape index (κ3) is 3.99. The van der Waals surface area contributed by atoms with Crippen molar-refractivity contribution in [3.05, 3.63) is 65.2 Å². The van der Waals surface area contributed by atoms with Crippen LogP contribution in [-0.4, -0.2) is 53.8 Å². The highest BCUT2D eigenvalue weighted by Gasteiger charge is 2.38. The number of nitrogens with zero attached hydrogens (tertiary/aromatic N) is 3. The normalized spacial score (nSPS) is 20.0. The highest BCUT2D eigenvalue weighted by Crippen LogP contribution is 2.25.